The zero-order valence-electron chi connectivity index (χ0n) is 22.1. The fourth-order valence-corrected chi connectivity index (χ4v) is 4.63. The van der Waals surface area contributed by atoms with Crippen molar-refractivity contribution in [2.45, 2.75) is 53.6 Å². The molecule has 4 aromatic rings. The van der Waals surface area contributed by atoms with Gasteiger partial charge in [0.25, 0.3) is 11.5 Å². The molecular formula is C27H30N8O2. The SMILES string of the molecule is CC1=Nc2c3c(nc(=O)ccc3cn2C(C)C)N1.Cc1nc2c3c(cn(C(C)C)c3n1)C=CC(=O)N2C. The zero-order valence-corrected chi connectivity index (χ0v) is 22.1. The minimum Gasteiger partial charge on any atom is -0.329 e. The van der Waals surface area contributed by atoms with E-state index >= 15 is 0 Å². The Morgan fingerprint density at radius 1 is 0.865 bits per heavy atom. The molecule has 2 aliphatic heterocycles. The number of carbonyl (C=O) groups excluding carboxylic acids is 1. The number of amides is 1. The van der Waals surface area contributed by atoms with E-state index in [2.05, 4.69) is 62.1 Å². The lowest BCUT2D eigenvalue weighted by Crippen LogP contribution is -2.25. The Kier molecular flexibility index (Phi) is 5.89. The molecule has 1 amide bonds. The molecule has 0 unspecified atom stereocenters. The maximum atomic E-state index is 11.9. The van der Waals surface area contributed by atoms with Gasteiger partial charge in [0, 0.05) is 54.6 Å². The number of carbonyl (C=O) groups is 1. The summed E-state index contributed by atoms with van der Waals surface area (Å²) in [7, 11) is 1.75. The number of aromatic nitrogens is 5. The Bertz CT molecular complexity index is 1690. The normalized spacial score (nSPS) is 14.1. The summed E-state index contributed by atoms with van der Waals surface area (Å²) in [5, 5.41) is 5.90. The van der Waals surface area contributed by atoms with E-state index < -0.39 is 0 Å². The molecule has 10 nitrogen and oxygen atoms in total. The number of rotatable bonds is 2. The van der Waals surface area contributed by atoms with Crippen molar-refractivity contribution in [3.05, 3.63) is 52.3 Å². The second-order valence-corrected chi connectivity index (χ2v) is 9.85. The summed E-state index contributed by atoms with van der Waals surface area (Å²) in [6.45, 7) is 12.2. The van der Waals surface area contributed by atoms with Gasteiger partial charge in [-0.2, -0.15) is 4.98 Å². The number of nitrogens with one attached hydrogen (secondary N) is 1. The van der Waals surface area contributed by atoms with Gasteiger partial charge in [0.1, 0.15) is 34.8 Å². The molecule has 6 heterocycles. The van der Waals surface area contributed by atoms with Gasteiger partial charge in [-0.15, -0.1) is 0 Å². The van der Waals surface area contributed by atoms with Gasteiger partial charge in [-0.3, -0.25) is 14.5 Å². The number of aryl methyl sites for hydroxylation is 1. The summed E-state index contributed by atoms with van der Waals surface area (Å²) in [6, 6.07) is 3.91. The van der Waals surface area contributed by atoms with Crippen LogP contribution >= 0.6 is 0 Å². The van der Waals surface area contributed by atoms with Crippen molar-refractivity contribution >= 4 is 57.1 Å². The molecule has 0 aliphatic carbocycles. The molecule has 190 valence electrons. The van der Waals surface area contributed by atoms with E-state index in [9.17, 15) is 9.59 Å². The zero-order chi connectivity index (χ0) is 26.6. The molecule has 10 heteroatoms. The van der Waals surface area contributed by atoms with Crippen LogP contribution in [0.15, 0.2) is 40.4 Å². The van der Waals surface area contributed by atoms with Crippen LogP contribution in [-0.4, -0.2) is 42.9 Å². The maximum Gasteiger partial charge on any atom is 0.271 e. The first-order valence-electron chi connectivity index (χ1n) is 12.3. The minimum atomic E-state index is -0.245. The third-order valence-corrected chi connectivity index (χ3v) is 6.43. The number of amidine groups is 1. The summed E-state index contributed by atoms with van der Waals surface area (Å²) in [6.07, 6.45) is 7.48. The fraction of sp³-hybridized carbons (Fsp3) is 0.333. The highest BCUT2D eigenvalue weighted by molar-refractivity contribution is 6.12. The molecule has 2 aliphatic rings. The molecule has 0 atom stereocenters. The molecule has 1 N–H and O–H groups in total. The van der Waals surface area contributed by atoms with Crippen LogP contribution in [0.2, 0.25) is 0 Å². The van der Waals surface area contributed by atoms with E-state index in [-0.39, 0.29) is 11.5 Å². The topological polar surface area (TPSA) is 110 Å². The van der Waals surface area contributed by atoms with Gasteiger partial charge < -0.3 is 14.5 Å². The largest absolute Gasteiger partial charge is 0.329 e. The van der Waals surface area contributed by atoms with E-state index in [0.717, 1.165) is 39.0 Å². The molecule has 0 saturated carbocycles. The lowest BCUT2D eigenvalue weighted by Gasteiger charge is -2.15. The average molecular weight is 499 g/mol. The van der Waals surface area contributed by atoms with E-state index in [1.54, 1.807) is 24.1 Å². The van der Waals surface area contributed by atoms with Crippen molar-refractivity contribution in [3.63, 3.8) is 0 Å². The molecule has 0 aromatic carbocycles. The number of anilines is 2. The van der Waals surface area contributed by atoms with Gasteiger partial charge >= 0.3 is 0 Å². The highest BCUT2D eigenvalue weighted by Crippen LogP contribution is 2.37. The second kappa shape index (κ2) is 8.95. The first kappa shape index (κ1) is 24.4. The lowest BCUT2D eigenvalue weighted by atomic mass is 10.2. The standard InChI is InChI=1S/C14H16N4O.C13H14N4O/c1-8(2)18-7-10-5-6-11(19)17(4)13-12(10)14(18)16-9(3)15-13;1-7(2)17-6-9-4-5-10(18)16-12-11(9)13(17)15-8(3)14-12/h5-8H,1-4H3;4-7H,1-3H3,(H,14,15,16,18). The van der Waals surface area contributed by atoms with Crippen LogP contribution in [-0.2, 0) is 4.79 Å². The lowest BCUT2D eigenvalue weighted by molar-refractivity contribution is -0.113. The predicted octanol–water partition coefficient (Wildman–Crippen LogP) is 4.76. The van der Waals surface area contributed by atoms with Crippen molar-refractivity contribution in [2.75, 3.05) is 17.3 Å². The van der Waals surface area contributed by atoms with Gasteiger partial charge in [-0.25, -0.2) is 15.0 Å². The van der Waals surface area contributed by atoms with Crippen molar-refractivity contribution in [3.8, 4) is 0 Å². The number of likely N-dealkylation sites (N-methyl/N-ethyl adjacent to an activating group) is 1. The average Bonchev–Trinajstić information content (AvgIpc) is 3.30. The van der Waals surface area contributed by atoms with Crippen LogP contribution in [0.4, 0.5) is 17.5 Å². The number of aliphatic imine (C=N–C) groups is 1. The van der Waals surface area contributed by atoms with Crippen LogP contribution in [0.1, 0.15) is 58.1 Å². The van der Waals surface area contributed by atoms with Crippen LogP contribution in [0.5, 0.6) is 0 Å². The molecule has 4 aromatic heterocycles. The van der Waals surface area contributed by atoms with E-state index in [1.807, 2.05) is 32.3 Å². The van der Waals surface area contributed by atoms with Crippen LogP contribution < -0.4 is 15.8 Å². The van der Waals surface area contributed by atoms with E-state index in [0.29, 0.717) is 29.5 Å². The van der Waals surface area contributed by atoms with Crippen molar-refractivity contribution in [1.82, 2.24) is 24.1 Å². The van der Waals surface area contributed by atoms with Crippen molar-refractivity contribution < 1.29 is 4.79 Å². The molecule has 0 fully saturated rings. The Morgan fingerprint density at radius 2 is 1.59 bits per heavy atom. The smallest absolute Gasteiger partial charge is 0.271 e. The molecule has 0 saturated heterocycles. The quantitative estimate of drug-likeness (QED) is 0.427. The highest BCUT2D eigenvalue weighted by atomic mass is 16.2. The molecular weight excluding hydrogens is 468 g/mol. The minimum absolute atomic E-state index is 0.0632. The Labute approximate surface area is 214 Å². The Hall–Kier alpha value is -4.34. The Morgan fingerprint density at radius 3 is 2.30 bits per heavy atom. The van der Waals surface area contributed by atoms with E-state index in [4.69, 9.17) is 0 Å². The number of nitrogens with zero attached hydrogens (tertiary/aromatic N) is 7. The maximum absolute atomic E-state index is 11.9. The van der Waals surface area contributed by atoms with Crippen molar-refractivity contribution in [1.29, 1.82) is 0 Å². The van der Waals surface area contributed by atoms with Gasteiger partial charge in [0.2, 0.25) is 0 Å². The summed E-state index contributed by atoms with van der Waals surface area (Å²) >= 11 is 0. The van der Waals surface area contributed by atoms with Crippen LogP contribution in [0, 0.1) is 6.92 Å². The fourth-order valence-electron chi connectivity index (χ4n) is 4.63. The molecule has 0 radical (unpaired) electrons. The molecule has 0 spiro atoms. The third-order valence-electron chi connectivity index (χ3n) is 6.43. The third kappa shape index (κ3) is 4.18. The van der Waals surface area contributed by atoms with Gasteiger partial charge in [-0.1, -0.05) is 0 Å². The van der Waals surface area contributed by atoms with Crippen molar-refractivity contribution in [2.24, 2.45) is 4.99 Å². The summed E-state index contributed by atoms with van der Waals surface area (Å²) in [5.74, 6) is 3.52. The molecule has 6 rings (SSSR count). The predicted molar refractivity (Wildman–Crippen MR) is 148 cm³/mol. The first-order chi connectivity index (χ1) is 17.5. The number of hydrogen-bond acceptors (Lipinski definition) is 7. The molecule has 37 heavy (non-hydrogen) atoms. The van der Waals surface area contributed by atoms with E-state index in [1.165, 1.54) is 6.07 Å². The second-order valence-electron chi connectivity index (χ2n) is 9.85. The number of hydrogen-bond donors (Lipinski definition) is 1. The Balaban J connectivity index is 0.000000152. The highest BCUT2D eigenvalue weighted by Gasteiger charge is 2.23. The van der Waals surface area contributed by atoms with Gasteiger partial charge in [-0.05, 0) is 53.7 Å². The van der Waals surface area contributed by atoms with Gasteiger partial charge in [0.15, 0.2) is 0 Å². The summed E-state index contributed by atoms with van der Waals surface area (Å²) < 4.78 is 4.22. The van der Waals surface area contributed by atoms with Crippen LogP contribution in [0.3, 0.4) is 0 Å². The van der Waals surface area contributed by atoms with Crippen LogP contribution in [0.25, 0.3) is 27.9 Å². The summed E-state index contributed by atoms with van der Waals surface area (Å²) in [4.78, 5) is 42.6. The first-order valence-corrected chi connectivity index (χ1v) is 12.3. The summed E-state index contributed by atoms with van der Waals surface area (Å²) in [5.41, 5.74) is 1.64. The molecule has 0 bridgehead atoms. The monoisotopic (exact) mass is 498 g/mol. The van der Waals surface area contributed by atoms with Gasteiger partial charge in [0.05, 0.1) is 10.8 Å².